The van der Waals surface area contributed by atoms with E-state index < -0.39 is 0 Å². The topological polar surface area (TPSA) is 76.9 Å². The molecule has 0 saturated heterocycles. The second-order valence-electron chi connectivity index (χ2n) is 5.93. The van der Waals surface area contributed by atoms with Crippen LogP contribution in [0, 0.1) is 0 Å². The smallest absolute Gasteiger partial charge is 0.278 e. The van der Waals surface area contributed by atoms with Crippen molar-refractivity contribution in [2.75, 3.05) is 0 Å². The fourth-order valence-corrected chi connectivity index (χ4v) is 3.21. The molecule has 1 N–H and O–H groups in total. The number of nitrogens with one attached hydrogen (secondary N) is 1. The molecule has 0 bridgehead atoms. The summed E-state index contributed by atoms with van der Waals surface area (Å²) in [5.41, 5.74) is 2.65. The van der Waals surface area contributed by atoms with Gasteiger partial charge in [-0.15, -0.1) is 5.10 Å². The van der Waals surface area contributed by atoms with Crippen molar-refractivity contribution in [1.82, 2.24) is 20.3 Å². The molecule has 1 amide bonds. The molecule has 0 aliphatic heterocycles. The molecule has 1 aliphatic carbocycles. The summed E-state index contributed by atoms with van der Waals surface area (Å²) in [6.07, 6.45) is 1.83. The Labute approximate surface area is 138 Å². The number of benzene rings is 2. The minimum Gasteiger partial charge on any atom is -0.348 e. The molecular weight excluding hydrogens is 304 g/mol. The molecule has 4 rings (SSSR count). The zero-order chi connectivity index (χ0) is 16.5. The van der Waals surface area contributed by atoms with Crippen LogP contribution >= 0.6 is 0 Å². The SMILES string of the molecule is O=C(Cn1nnc2ccccc2c1=O)N[C@H]1CCc2ccccc21. The van der Waals surface area contributed by atoms with Crippen LogP contribution in [0.15, 0.2) is 53.3 Å². The molecule has 0 radical (unpaired) electrons. The van der Waals surface area contributed by atoms with Gasteiger partial charge in [0.15, 0.2) is 0 Å². The Balaban J connectivity index is 1.53. The minimum atomic E-state index is -0.303. The lowest BCUT2D eigenvalue weighted by Gasteiger charge is -2.14. The van der Waals surface area contributed by atoms with Gasteiger partial charge in [-0.05, 0) is 36.1 Å². The van der Waals surface area contributed by atoms with Gasteiger partial charge in [0.1, 0.15) is 12.1 Å². The van der Waals surface area contributed by atoms with Gasteiger partial charge in [0.2, 0.25) is 5.91 Å². The van der Waals surface area contributed by atoms with E-state index in [4.69, 9.17) is 0 Å². The lowest BCUT2D eigenvalue weighted by molar-refractivity contribution is -0.122. The maximum Gasteiger partial charge on any atom is 0.278 e. The molecule has 0 saturated carbocycles. The number of hydrogen-bond donors (Lipinski definition) is 1. The Kier molecular flexibility index (Phi) is 3.57. The van der Waals surface area contributed by atoms with E-state index in [0.29, 0.717) is 10.9 Å². The Morgan fingerprint density at radius 1 is 1.17 bits per heavy atom. The number of rotatable bonds is 3. The average molecular weight is 320 g/mol. The molecule has 1 atom stereocenters. The number of carbonyl (C=O) groups excluding carboxylic acids is 1. The van der Waals surface area contributed by atoms with Gasteiger partial charge in [-0.25, -0.2) is 4.68 Å². The van der Waals surface area contributed by atoms with Gasteiger partial charge in [-0.3, -0.25) is 9.59 Å². The van der Waals surface area contributed by atoms with E-state index in [1.165, 1.54) is 5.56 Å². The predicted molar refractivity (Wildman–Crippen MR) is 89.4 cm³/mol. The van der Waals surface area contributed by atoms with E-state index in [9.17, 15) is 9.59 Å². The number of hydrogen-bond acceptors (Lipinski definition) is 4. The van der Waals surface area contributed by atoms with E-state index in [1.807, 2.05) is 18.2 Å². The maximum absolute atomic E-state index is 12.4. The molecule has 3 aromatic rings. The first-order valence-corrected chi connectivity index (χ1v) is 7.92. The third-order valence-electron chi connectivity index (χ3n) is 4.39. The number of aromatic nitrogens is 3. The Morgan fingerprint density at radius 3 is 2.88 bits per heavy atom. The Bertz CT molecular complexity index is 980. The second-order valence-corrected chi connectivity index (χ2v) is 5.93. The Morgan fingerprint density at radius 2 is 1.96 bits per heavy atom. The minimum absolute atomic E-state index is 0.00202. The van der Waals surface area contributed by atoms with Gasteiger partial charge in [-0.1, -0.05) is 41.6 Å². The van der Waals surface area contributed by atoms with Crippen LogP contribution in [0.1, 0.15) is 23.6 Å². The van der Waals surface area contributed by atoms with Crippen molar-refractivity contribution < 1.29 is 4.79 Å². The largest absolute Gasteiger partial charge is 0.348 e. The molecule has 1 heterocycles. The van der Waals surface area contributed by atoms with Gasteiger partial charge < -0.3 is 5.32 Å². The molecule has 1 aromatic heterocycles. The van der Waals surface area contributed by atoms with Gasteiger partial charge in [-0.2, -0.15) is 0 Å². The summed E-state index contributed by atoms with van der Waals surface area (Å²) >= 11 is 0. The highest BCUT2D eigenvalue weighted by Crippen LogP contribution is 2.30. The quantitative estimate of drug-likeness (QED) is 0.795. The second kappa shape index (κ2) is 5.88. The highest BCUT2D eigenvalue weighted by Gasteiger charge is 2.23. The predicted octanol–water partition coefficient (Wildman–Crippen LogP) is 1.60. The lowest BCUT2D eigenvalue weighted by Crippen LogP contribution is -2.35. The summed E-state index contributed by atoms with van der Waals surface area (Å²) in [7, 11) is 0. The van der Waals surface area contributed by atoms with Crippen molar-refractivity contribution in [2.24, 2.45) is 0 Å². The maximum atomic E-state index is 12.4. The lowest BCUT2D eigenvalue weighted by atomic mass is 10.1. The molecule has 0 unspecified atom stereocenters. The average Bonchev–Trinajstić information content (AvgIpc) is 3.01. The molecule has 2 aromatic carbocycles. The summed E-state index contributed by atoms with van der Waals surface area (Å²) in [5.74, 6) is -0.233. The van der Waals surface area contributed by atoms with Gasteiger partial charge in [0.25, 0.3) is 5.56 Å². The monoisotopic (exact) mass is 320 g/mol. The Hall–Kier alpha value is -3.02. The van der Waals surface area contributed by atoms with Crippen LogP contribution in [0.4, 0.5) is 0 Å². The zero-order valence-electron chi connectivity index (χ0n) is 13.0. The van der Waals surface area contributed by atoms with Crippen LogP contribution in [0.3, 0.4) is 0 Å². The van der Waals surface area contributed by atoms with E-state index >= 15 is 0 Å². The van der Waals surface area contributed by atoms with Crippen LogP contribution in [0.2, 0.25) is 0 Å². The van der Waals surface area contributed by atoms with Crippen LogP contribution in [0.5, 0.6) is 0 Å². The standard InChI is InChI=1S/C18H16N4O2/c23-17(19-15-10-9-12-5-1-2-6-13(12)15)11-22-18(24)14-7-3-4-8-16(14)20-21-22/h1-8,15H,9-11H2,(H,19,23)/t15-/m0/s1. The molecular formula is C18H16N4O2. The van der Waals surface area contributed by atoms with E-state index in [0.717, 1.165) is 23.1 Å². The normalized spacial score (nSPS) is 16.1. The molecule has 24 heavy (non-hydrogen) atoms. The van der Waals surface area contributed by atoms with E-state index in [2.05, 4.69) is 21.7 Å². The third kappa shape index (κ3) is 2.56. The summed E-state index contributed by atoms with van der Waals surface area (Å²) in [4.78, 5) is 24.7. The first-order valence-electron chi connectivity index (χ1n) is 7.92. The highest BCUT2D eigenvalue weighted by molar-refractivity contribution is 5.78. The van der Waals surface area contributed by atoms with Crippen molar-refractivity contribution in [3.05, 3.63) is 70.0 Å². The first-order chi connectivity index (χ1) is 11.7. The fraction of sp³-hybridized carbons (Fsp3) is 0.222. The number of nitrogens with zero attached hydrogens (tertiary/aromatic N) is 3. The summed E-state index contributed by atoms with van der Waals surface area (Å²) < 4.78 is 1.11. The van der Waals surface area contributed by atoms with Gasteiger partial charge in [0, 0.05) is 0 Å². The van der Waals surface area contributed by atoms with Gasteiger partial charge in [0.05, 0.1) is 11.4 Å². The summed E-state index contributed by atoms with van der Waals surface area (Å²) in [6, 6.07) is 15.1. The number of carbonyl (C=O) groups is 1. The van der Waals surface area contributed by atoms with Gasteiger partial charge >= 0.3 is 0 Å². The molecule has 6 heteroatoms. The van der Waals surface area contributed by atoms with E-state index in [-0.39, 0.29) is 24.1 Å². The number of fused-ring (bicyclic) bond motifs is 2. The van der Waals surface area contributed by atoms with Crippen LogP contribution in [-0.4, -0.2) is 20.9 Å². The molecule has 1 aliphatic rings. The van der Waals surface area contributed by atoms with E-state index in [1.54, 1.807) is 24.3 Å². The van der Waals surface area contributed by atoms with Crippen molar-refractivity contribution in [2.45, 2.75) is 25.4 Å². The number of amides is 1. The van der Waals surface area contributed by atoms with Crippen LogP contribution in [-0.2, 0) is 17.8 Å². The van der Waals surface area contributed by atoms with Crippen LogP contribution < -0.4 is 10.9 Å². The zero-order valence-corrected chi connectivity index (χ0v) is 13.0. The summed E-state index contributed by atoms with van der Waals surface area (Å²) in [5, 5.41) is 11.3. The first kappa shape index (κ1) is 14.6. The molecule has 0 fully saturated rings. The fourth-order valence-electron chi connectivity index (χ4n) is 3.21. The third-order valence-corrected chi connectivity index (χ3v) is 4.39. The highest BCUT2D eigenvalue weighted by atomic mass is 16.2. The van der Waals surface area contributed by atoms with Crippen molar-refractivity contribution in [1.29, 1.82) is 0 Å². The van der Waals surface area contributed by atoms with Crippen molar-refractivity contribution in [3.63, 3.8) is 0 Å². The molecule has 120 valence electrons. The van der Waals surface area contributed by atoms with Crippen LogP contribution in [0.25, 0.3) is 10.9 Å². The molecule has 6 nitrogen and oxygen atoms in total. The van der Waals surface area contributed by atoms with Crippen molar-refractivity contribution >= 4 is 16.8 Å². The number of aryl methyl sites for hydroxylation is 1. The summed E-state index contributed by atoms with van der Waals surface area (Å²) in [6.45, 7) is -0.130. The molecule has 0 spiro atoms. The van der Waals surface area contributed by atoms with Crippen molar-refractivity contribution in [3.8, 4) is 0 Å².